The van der Waals surface area contributed by atoms with E-state index in [1.807, 2.05) is 4.90 Å². The van der Waals surface area contributed by atoms with Gasteiger partial charge in [0.1, 0.15) is 0 Å². The number of carbonyl (C=O) groups excluding carboxylic acids is 2. The van der Waals surface area contributed by atoms with Crippen LogP contribution < -0.4 is 0 Å². The van der Waals surface area contributed by atoms with Gasteiger partial charge < -0.3 is 19.6 Å². The Balaban J connectivity index is 1.45. The predicted molar refractivity (Wildman–Crippen MR) is 140 cm³/mol. The van der Waals surface area contributed by atoms with Crippen molar-refractivity contribution in [3.63, 3.8) is 0 Å². The second-order valence-electron chi connectivity index (χ2n) is 9.42. The summed E-state index contributed by atoms with van der Waals surface area (Å²) in [5.74, 6) is -0.0275. The maximum absolute atomic E-state index is 12.7. The molecule has 2 amide bonds. The topological polar surface area (TPSA) is 73.3 Å². The van der Waals surface area contributed by atoms with Crippen LogP contribution in [0.25, 0.3) is 6.08 Å². The minimum atomic E-state index is -0.354. The van der Waals surface area contributed by atoms with Gasteiger partial charge in [-0.15, -0.1) is 0 Å². The number of aliphatic hydroxyl groups is 1. The molecule has 1 N–H and O–H groups in total. The molecule has 0 bridgehead atoms. The zero-order valence-corrected chi connectivity index (χ0v) is 22.2. The SMILES string of the molecule is COC[C@@H]1[C@H](O)CCC(C)N1CCCCN1CCN(C(=O)C=Cc2ccc(Cl)c(Cl)c2)CCC1=O. The summed E-state index contributed by atoms with van der Waals surface area (Å²) >= 11 is 12.0. The summed E-state index contributed by atoms with van der Waals surface area (Å²) in [4.78, 5) is 31.3. The number of rotatable bonds is 9. The lowest BCUT2D eigenvalue weighted by atomic mass is 9.93. The van der Waals surface area contributed by atoms with Crippen LogP contribution in [0.4, 0.5) is 0 Å². The number of ether oxygens (including phenoxy) is 1. The minimum absolute atomic E-state index is 0.0279. The zero-order valence-electron chi connectivity index (χ0n) is 20.7. The second kappa shape index (κ2) is 13.6. The number of carbonyl (C=O) groups is 2. The van der Waals surface area contributed by atoms with Crippen LogP contribution in [0.1, 0.15) is 44.6 Å². The van der Waals surface area contributed by atoms with Crippen LogP contribution in [-0.2, 0) is 14.3 Å². The first-order chi connectivity index (χ1) is 16.8. The van der Waals surface area contributed by atoms with Crippen molar-refractivity contribution < 1.29 is 19.4 Å². The highest BCUT2D eigenvalue weighted by Crippen LogP contribution is 2.25. The first-order valence-electron chi connectivity index (χ1n) is 12.4. The number of halogens is 2. The van der Waals surface area contributed by atoms with E-state index in [0.717, 1.165) is 37.8 Å². The summed E-state index contributed by atoms with van der Waals surface area (Å²) in [7, 11) is 1.67. The minimum Gasteiger partial charge on any atom is -0.391 e. The number of hydrogen-bond acceptors (Lipinski definition) is 5. The molecule has 0 radical (unpaired) electrons. The summed E-state index contributed by atoms with van der Waals surface area (Å²) in [6.45, 7) is 5.76. The van der Waals surface area contributed by atoms with Crippen molar-refractivity contribution in [2.45, 2.75) is 57.2 Å². The van der Waals surface area contributed by atoms with Crippen LogP contribution in [0.15, 0.2) is 24.3 Å². The number of benzene rings is 1. The number of hydrogen-bond donors (Lipinski definition) is 1. The molecule has 3 atom stereocenters. The molecule has 2 aliphatic heterocycles. The van der Waals surface area contributed by atoms with Crippen LogP contribution in [0.2, 0.25) is 10.0 Å². The zero-order chi connectivity index (χ0) is 25.4. The van der Waals surface area contributed by atoms with E-state index in [2.05, 4.69) is 11.8 Å². The number of amides is 2. The maximum atomic E-state index is 12.7. The van der Waals surface area contributed by atoms with E-state index < -0.39 is 0 Å². The monoisotopic (exact) mass is 525 g/mol. The Labute approximate surface area is 218 Å². The van der Waals surface area contributed by atoms with E-state index >= 15 is 0 Å². The third kappa shape index (κ3) is 7.92. The van der Waals surface area contributed by atoms with E-state index in [0.29, 0.717) is 55.3 Å². The van der Waals surface area contributed by atoms with Crippen LogP contribution in [0.3, 0.4) is 0 Å². The van der Waals surface area contributed by atoms with Gasteiger partial charge in [0.2, 0.25) is 11.8 Å². The highest BCUT2D eigenvalue weighted by molar-refractivity contribution is 6.42. The van der Waals surface area contributed by atoms with Gasteiger partial charge in [0.05, 0.1) is 28.8 Å². The van der Waals surface area contributed by atoms with Gasteiger partial charge in [-0.2, -0.15) is 0 Å². The van der Waals surface area contributed by atoms with E-state index in [-0.39, 0.29) is 24.0 Å². The Morgan fingerprint density at radius 2 is 1.91 bits per heavy atom. The molecule has 2 heterocycles. The fourth-order valence-electron chi connectivity index (χ4n) is 4.89. The summed E-state index contributed by atoms with van der Waals surface area (Å²) in [5, 5.41) is 11.3. The number of likely N-dealkylation sites (tertiary alicyclic amines) is 1. The average Bonchev–Trinajstić information content (AvgIpc) is 3.02. The molecule has 0 saturated carbocycles. The fraction of sp³-hybridized carbons (Fsp3) is 0.615. The molecular formula is C26H37Cl2N3O4. The lowest BCUT2D eigenvalue weighted by molar-refractivity contribution is -0.130. The molecule has 35 heavy (non-hydrogen) atoms. The van der Waals surface area contributed by atoms with Crippen molar-refractivity contribution in [2.75, 3.05) is 46.4 Å². The quantitative estimate of drug-likeness (QED) is 0.393. The Morgan fingerprint density at radius 3 is 2.66 bits per heavy atom. The lowest BCUT2D eigenvalue weighted by Crippen LogP contribution is -2.54. The number of nitrogens with zero attached hydrogens (tertiary/aromatic N) is 3. The van der Waals surface area contributed by atoms with E-state index in [1.54, 1.807) is 36.3 Å². The van der Waals surface area contributed by atoms with Gasteiger partial charge in [0.15, 0.2) is 0 Å². The Morgan fingerprint density at radius 1 is 1.14 bits per heavy atom. The molecular weight excluding hydrogens is 489 g/mol. The van der Waals surface area contributed by atoms with Crippen LogP contribution in [0.5, 0.6) is 0 Å². The molecule has 1 aromatic carbocycles. The Bertz CT molecular complexity index is 897. The lowest BCUT2D eigenvalue weighted by Gasteiger charge is -2.43. The van der Waals surface area contributed by atoms with Crippen LogP contribution in [0, 0.1) is 0 Å². The van der Waals surface area contributed by atoms with Gasteiger partial charge >= 0.3 is 0 Å². The van der Waals surface area contributed by atoms with Gasteiger partial charge in [-0.25, -0.2) is 0 Å². The summed E-state index contributed by atoms with van der Waals surface area (Å²) < 4.78 is 5.34. The second-order valence-corrected chi connectivity index (χ2v) is 10.2. The number of aliphatic hydroxyl groups excluding tert-OH is 1. The van der Waals surface area contributed by atoms with Crippen molar-refractivity contribution in [2.24, 2.45) is 0 Å². The molecule has 2 saturated heterocycles. The summed E-state index contributed by atoms with van der Waals surface area (Å²) in [6, 6.07) is 5.65. The van der Waals surface area contributed by atoms with Crippen LogP contribution in [-0.4, -0.2) is 96.2 Å². The largest absolute Gasteiger partial charge is 0.391 e. The average molecular weight is 527 g/mol. The molecule has 7 nitrogen and oxygen atoms in total. The molecule has 2 fully saturated rings. The first kappa shape index (κ1) is 27.9. The molecule has 0 aromatic heterocycles. The molecule has 2 aliphatic rings. The number of piperidine rings is 1. The maximum Gasteiger partial charge on any atom is 0.246 e. The van der Waals surface area contributed by atoms with Gasteiger partial charge in [-0.3, -0.25) is 14.5 Å². The third-order valence-corrected chi connectivity index (χ3v) is 7.75. The van der Waals surface area contributed by atoms with E-state index in [1.165, 1.54) is 6.08 Å². The first-order valence-corrected chi connectivity index (χ1v) is 13.2. The van der Waals surface area contributed by atoms with E-state index in [9.17, 15) is 14.7 Å². The molecule has 1 aromatic rings. The molecule has 194 valence electrons. The predicted octanol–water partition coefficient (Wildman–Crippen LogP) is 3.71. The highest BCUT2D eigenvalue weighted by atomic mass is 35.5. The normalized spacial score (nSPS) is 24.3. The molecule has 0 spiro atoms. The molecule has 0 aliphatic carbocycles. The standard InChI is InChI=1S/C26H37Cl2N3O4/c1-19-5-9-24(32)23(18-35-2)31(19)13-4-3-12-29-15-16-30(14-11-26(29)34)25(33)10-7-20-6-8-21(27)22(28)17-20/h6-8,10,17,19,23-24,32H,3-5,9,11-16,18H2,1-2H3/t19?,23-,24-/m1/s1. The van der Waals surface area contributed by atoms with Crippen molar-refractivity contribution >= 4 is 41.1 Å². The van der Waals surface area contributed by atoms with Gasteiger partial charge in [-0.1, -0.05) is 29.3 Å². The van der Waals surface area contributed by atoms with Crippen molar-refractivity contribution in [1.82, 2.24) is 14.7 Å². The third-order valence-electron chi connectivity index (χ3n) is 7.01. The molecule has 1 unspecified atom stereocenters. The fourth-order valence-corrected chi connectivity index (χ4v) is 5.20. The van der Waals surface area contributed by atoms with Gasteiger partial charge in [0.25, 0.3) is 0 Å². The highest BCUT2D eigenvalue weighted by Gasteiger charge is 2.33. The Hall–Kier alpha value is -1.64. The van der Waals surface area contributed by atoms with E-state index in [4.69, 9.17) is 27.9 Å². The molecule has 3 rings (SSSR count). The van der Waals surface area contributed by atoms with Crippen LogP contribution >= 0.6 is 23.2 Å². The number of methoxy groups -OCH3 is 1. The van der Waals surface area contributed by atoms with Crippen molar-refractivity contribution in [3.8, 4) is 0 Å². The summed E-state index contributed by atoms with van der Waals surface area (Å²) in [6.07, 6.45) is 6.83. The van der Waals surface area contributed by atoms with Gasteiger partial charge in [0, 0.05) is 51.8 Å². The smallest absolute Gasteiger partial charge is 0.246 e. The van der Waals surface area contributed by atoms with Crippen molar-refractivity contribution in [3.05, 3.63) is 39.9 Å². The van der Waals surface area contributed by atoms with Crippen molar-refractivity contribution in [1.29, 1.82) is 0 Å². The molecule has 9 heteroatoms. The summed E-state index contributed by atoms with van der Waals surface area (Å²) in [5.41, 5.74) is 0.795. The van der Waals surface area contributed by atoms with Gasteiger partial charge in [-0.05, 0) is 62.9 Å². The Kier molecular flexibility index (Phi) is 10.9. The number of unbranched alkanes of at least 4 members (excludes halogenated alkanes) is 1.